The van der Waals surface area contributed by atoms with Gasteiger partial charge in [0.25, 0.3) is 0 Å². The molecule has 2 nitrogen and oxygen atoms in total. The molecule has 0 unspecified atom stereocenters. The third-order valence-electron chi connectivity index (χ3n) is 1.51. The molecule has 13 heavy (non-hydrogen) atoms. The minimum absolute atomic E-state index is 0.359. The smallest absolute Gasteiger partial charge is 0.330 e. The summed E-state index contributed by atoms with van der Waals surface area (Å²) in [5, 5.41) is 0. The standard InChI is InChI=1S/C10H9FO2/c1-13-10(12)7-6-8-4-2-3-5-9(8)11/h2-7H,1H3/b7-6+. The van der Waals surface area contributed by atoms with Gasteiger partial charge >= 0.3 is 5.97 Å². The highest BCUT2D eigenvalue weighted by Gasteiger charge is 1.96. The molecule has 1 aromatic carbocycles. The van der Waals surface area contributed by atoms with Crippen LogP contribution in [0.3, 0.4) is 0 Å². The predicted molar refractivity (Wildman–Crippen MR) is 47.5 cm³/mol. The summed E-state index contributed by atoms with van der Waals surface area (Å²) < 4.78 is 17.3. The van der Waals surface area contributed by atoms with Crippen molar-refractivity contribution < 1.29 is 13.9 Å². The Morgan fingerprint density at radius 1 is 1.46 bits per heavy atom. The van der Waals surface area contributed by atoms with Crippen molar-refractivity contribution in [3.8, 4) is 0 Å². The Hall–Kier alpha value is -1.64. The van der Waals surface area contributed by atoms with Gasteiger partial charge in [-0.2, -0.15) is 0 Å². The lowest BCUT2D eigenvalue weighted by atomic mass is 10.2. The Labute approximate surface area is 75.6 Å². The van der Waals surface area contributed by atoms with E-state index in [1.807, 2.05) is 0 Å². The molecule has 68 valence electrons. The fourth-order valence-corrected chi connectivity index (χ4v) is 0.836. The zero-order chi connectivity index (χ0) is 9.68. The summed E-state index contributed by atoms with van der Waals surface area (Å²) in [5.74, 6) is -0.856. The van der Waals surface area contributed by atoms with Gasteiger partial charge in [-0.15, -0.1) is 0 Å². The van der Waals surface area contributed by atoms with E-state index in [-0.39, 0.29) is 5.82 Å². The summed E-state index contributed by atoms with van der Waals surface area (Å²) in [7, 11) is 1.27. The molecular weight excluding hydrogens is 171 g/mol. The van der Waals surface area contributed by atoms with E-state index < -0.39 is 5.97 Å². The maximum absolute atomic E-state index is 12.9. The van der Waals surface area contributed by atoms with Crippen LogP contribution in [0.15, 0.2) is 30.3 Å². The van der Waals surface area contributed by atoms with Gasteiger partial charge in [-0.1, -0.05) is 18.2 Å². The minimum atomic E-state index is -0.497. The molecule has 0 saturated heterocycles. The van der Waals surface area contributed by atoms with E-state index >= 15 is 0 Å². The monoisotopic (exact) mass is 180 g/mol. The van der Waals surface area contributed by atoms with Crippen LogP contribution in [0.4, 0.5) is 4.39 Å². The second-order valence-electron chi connectivity index (χ2n) is 2.38. The molecule has 0 heterocycles. The SMILES string of the molecule is COC(=O)/C=C/c1ccccc1F. The Morgan fingerprint density at radius 2 is 2.15 bits per heavy atom. The number of rotatable bonds is 2. The summed E-state index contributed by atoms with van der Waals surface area (Å²) >= 11 is 0. The molecule has 0 N–H and O–H groups in total. The maximum atomic E-state index is 12.9. The molecule has 0 aromatic heterocycles. The lowest BCUT2D eigenvalue weighted by molar-refractivity contribution is -0.134. The van der Waals surface area contributed by atoms with Crippen molar-refractivity contribution >= 4 is 12.0 Å². The Balaban J connectivity index is 2.80. The van der Waals surface area contributed by atoms with Crippen molar-refractivity contribution in [1.29, 1.82) is 0 Å². The first-order valence-corrected chi connectivity index (χ1v) is 3.74. The number of methoxy groups -OCH3 is 1. The van der Waals surface area contributed by atoms with Gasteiger partial charge in [-0.3, -0.25) is 0 Å². The van der Waals surface area contributed by atoms with Crippen LogP contribution in [0.2, 0.25) is 0 Å². The quantitative estimate of drug-likeness (QED) is 0.514. The normalized spacial score (nSPS) is 10.3. The second kappa shape index (κ2) is 4.40. The van der Waals surface area contributed by atoms with Crippen LogP contribution in [-0.2, 0) is 9.53 Å². The average molecular weight is 180 g/mol. The first-order chi connectivity index (χ1) is 6.24. The zero-order valence-electron chi connectivity index (χ0n) is 7.16. The molecule has 0 radical (unpaired) electrons. The van der Waals surface area contributed by atoms with Crippen LogP contribution in [0.1, 0.15) is 5.56 Å². The van der Waals surface area contributed by atoms with Crippen molar-refractivity contribution in [3.63, 3.8) is 0 Å². The minimum Gasteiger partial charge on any atom is -0.466 e. The summed E-state index contributed by atoms with van der Waals surface area (Å²) in [6, 6.07) is 6.19. The van der Waals surface area contributed by atoms with Gasteiger partial charge in [0.05, 0.1) is 7.11 Å². The number of carbonyl (C=O) groups excluding carboxylic acids is 1. The van der Waals surface area contributed by atoms with E-state index in [4.69, 9.17) is 0 Å². The van der Waals surface area contributed by atoms with Crippen LogP contribution in [0.5, 0.6) is 0 Å². The molecule has 0 spiro atoms. The van der Waals surface area contributed by atoms with Gasteiger partial charge in [-0.05, 0) is 12.1 Å². The van der Waals surface area contributed by atoms with Gasteiger partial charge in [0.2, 0.25) is 0 Å². The van der Waals surface area contributed by atoms with E-state index in [0.29, 0.717) is 5.56 Å². The number of hydrogen-bond donors (Lipinski definition) is 0. The summed E-state index contributed by atoms with van der Waals surface area (Å²) in [6.07, 6.45) is 2.56. The summed E-state index contributed by atoms with van der Waals surface area (Å²) in [6.45, 7) is 0. The largest absolute Gasteiger partial charge is 0.466 e. The van der Waals surface area contributed by atoms with Crippen molar-refractivity contribution in [2.24, 2.45) is 0 Å². The third kappa shape index (κ3) is 2.71. The van der Waals surface area contributed by atoms with Crippen LogP contribution >= 0.6 is 0 Å². The van der Waals surface area contributed by atoms with E-state index in [9.17, 15) is 9.18 Å². The molecule has 1 rings (SSSR count). The van der Waals surface area contributed by atoms with Gasteiger partial charge in [0.1, 0.15) is 5.82 Å². The molecule has 0 amide bonds. The first-order valence-electron chi connectivity index (χ1n) is 3.74. The highest BCUT2D eigenvalue weighted by atomic mass is 19.1. The van der Waals surface area contributed by atoms with Gasteiger partial charge in [-0.25, -0.2) is 9.18 Å². The summed E-state index contributed by atoms with van der Waals surface area (Å²) in [5.41, 5.74) is 0.368. The Bertz CT molecular complexity index is 331. The molecular formula is C10H9FO2. The van der Waals surface area contributed by atoms with Crippen LogP contribution in [0.25, 0.3) is 6.08 Å². The number of hydrogen-bond acceptors (Lipinski definition) is 2. The Kier molecular flexibility index (Phi) is 3.20. The van der Waals surface area contributed by atoms with E-state index in [2.05, 4.69) is 4.74 Å². The first kappa shape index (κ1) is 9.45. The molecule has 1 aromatic rings. The number of ether oxygens (including phenoxy) is 1. The molecule has 0 aliphatic rings. The average Bonchev–Trinajstić information content (AvgIpc) is 2.16. The fourth-order valence-electron chi connectivity index (χ4n) is 0.836. The molecule has 0 atom stereocenters. The molecule has 0 aliphatic heterocycles. The van der Waals surface area contributed by atoms with Crippen LogP contribution in [0, 0.1) is 5.82 Å². The van der Waals surface area contributed by atoms with Gasteiger partial charge < -0.3 is 4.74 Å². The van der Waals surface area contributed by atoms with Gasteiger partial charge in [0.15, 0.2) is 0 Å². The lowest BCUT2D eigenvalue weighted by Crippen LogP contribution is -1.93. The highest BCUT2D eigenvalue weighted by molar-refractivity contribution is 5.86. The van der Waals surface area contributed by atoms with Gasteiger partial charge in [0, 0.05) is 11.6 Å². The van der Waals surface area contributed by atoms with Crippen molar-refractivity contribution in [3.05, 3.63) is 41.7 Å². The van der Waals surface area contributed by atoms with Crippen molar-refractivity contribution in [1.82, 2.24) is 0 Å². The lowest BCUT2D eigenvalue weighted by Gasteiger charge is -1.94. The molecule has 0 saturated carbocycles. The molecule has 0 bridgehead atoms. The number of esters is 1. The van der Waals surface area contributed by atoms with Crippen molar-refractivity contribution in [2.45, 2.75) is 0 Å². The zero-order valence-corrected chi connectivity index (χ0v) is 7.16. The highest BCUT2D eigenvalue weighted by Crippen LogP contribution is 2.07. The summed E-state index contributed by atoms with van der Waals surface area (Å²) in [4.78, 5) is 10.7. The van der Waals surface area contributed by atoms with Crippen LogP contribution in [-0.4, -0.2) is 13.1 Å². The van der Waals surface area contributed by atoms with E-state index in [1.165, 1.54) is 25.3 Å². The topological polar surface area (TPSA) is 26.3 Å². The van der Waals surface area contributed by atoms with E-state index in [0.717, 1.165) is 0 Å². The molecule has 0 aliphatic carbocycles. The fraction of sp³-hybridized carbons (Fsp3) is 0.100. The van der Waals surface area contributed by atoms with Crippen LogP contribution < -0.4 is 0 Å². The Morgan fingerprint density at radius 3 is 2.77 bits per heavy atom. The number of benzene rings is 1. The second-order valence-corrected chi connectivity index (χ2v) is 2.38. The van der Waals surface area contributed by atoms with Crippen molar-refractivity contribution in [2.75, 3.05) is 7.11 Å². The predicted octanol–water partition coefficient (Wildman–Crippen LogP) is 2.01. The molecule has 0 fully saturated rings. The van der Waals surface area contributed by atoms with E-state index in [1.54, 1.807) is 18.2 Å². The molecule has 3 heteroatoms. The number of halogens is 1. The third-order valence-corrected chi connectivity index (χ3v) is 1.51. The maximum Gasteiger partial charge on any atom is 0.330 e. The number of carbonyl (C=O) groups is 1.